The molecule has 0 aromatic carbocycles. The highest BCUT2D eigenvalue weighted by Gasteiger charge is 2.38. The van der Waals surface area contributed by atoms with Gasteiger partial charge in [0.25, 0.3) is 0 Å². The molecule has 72 valence electrons. The molecule has 0 aliphatic carbocycles. The number of aliphatic hydroxyl groups is 1. The zero-order valence-electron chi connectivity index (χ0n) is 7.66. The molecule has 2 heterocycles. The average molecular weight is 198 g/mol. The molecule has 0 radical (unpaired) electrons. The van der Waals surface area contributed by atoms with Gasteiger partial charge >= 0.3 is 0 Å². The number of nitrogens with one attached hydrogen (secondary N) is 1. The SMILES string of the molecule is CC1CNCCC1(O)c1cncs1. The Morgan fingerprint density at radius 1 is 1.77 bits per heavy atom. The number of hydrogen-bond donors (Lipinski definition) is 2. The van der Waals surface area contributed by atoms with Crippen molar-refractivity contribution in [3.05, 3.63) is 16.6 Å². The highest BCUT2D eigenvalue weighted by molar-refractivity contribution is 7.09. The van der Waals surface area contributed by atoms with E-state index in [9.17, 15) is 5.11 Å². The standard InChI is InChI=1S/C9H14N2OS/c1-7-4-10-3-2-9(7,12)8-5-11-6-13-8/h5-7,10,12H,2-4H2,1H3. The molecule has 2 N–H and O–H groups in total. The molecule has 1 fully saturated rings. The topological polar surface area (TPSA) is 45.1 Å². The largest absolute Gasteiger partial charge is 0.384 e. The number of nitrogens with zero attached hydrogens (tertiary/aromatic N) is 1. The Morgan fingerprint density at radius 2 is 2.62 bits per heavy atom. The fraction of sp³-hybridized carbons (Fsp3) is 0.667. The molecule has 3 nitrogen and oxygen atoms in total. The van der Waals surface area contributed by atoms with Crippen molar-refractivity contribution in [3.63, 3.8) is 0 Å². The second kappa shape index (κ2) is 3.36. The van der Waals surface area contributed by atoms with Crippen molar-refractivity contribution < 1.29 is 5.11 Å². The van der Waals surface area contributed by atoms with Crippen LogP contribution in [0.5, 0.6) is 0 Å². The maximum atomic E-state index is 10.4. The van der Waals surface area contributed by atoms with Gasteiger partial charge in [0, 0.05) is 18.7 Å². The van der Waals surface area contributed by atoms with E-state index in [0.717, 1.165) is 24.4 Å². The zero-order chi connectivity index (χ0) is 9.31. The first-order chi connectivity index (χ1) is 6.23. The van der Waals surface area contributed by atoms with Crippen LogP contribution in [0.1, 0.15) is 18.2 Å². The Labute approximate surface area is 81.8 Å². The van der Waals surface area contributed by atoms with Gasteiger partial charge in [0.15, 0.2) is 0 Å². The number of rotatable bonds is 1. The molecule has 1 aromatic rings. The van der Waals surface area contributed by atoms with Gasteiger partial charge in [0.2, 0.25) is 0 Å². The minimum Gasteiger partial charge on any atom is -0.384 e. The Kier molecular flexibility index (Phi) is 2.36. The van der Waals surface area contributed by atoms with E-state index in [-0.39, 0.29) is 5.92 Å². The van der Waals surface area contributed by atoms with Crippen molar-refractivity contribution in [3.8, 4) is 0 Å². The first-order valence-corrected chi connectivity index (χ1v) is 5.43. The van der Waals surface area contributed by atoms with Crippen molar-refractivity contribution in [2.75, 3.05) is 13.1 Å². The van der Waals surface area contributed by atoms with Crippen LogP contribution in [0.15, 0.2) is 11.7 Å². The van der Waals surface area contributed by atoms with E-state index in [0.29, 0.717) is 0 Å². The summed E-state index contributed by atoms with van der Waals surface area (Å²) in [4.78, 5) is 5.02. The van der Waals surface area contributed by atoms with Crippen molar-refractivity contribution in [1.82, 2.24) is 10.3 Å². The number of hydrogen-bond acceptors (Lipinski definition) is 4. The first kappa shape index (κ1) is 9.12. The van der Waals surface area contributed by atoms with E-state index in [1.165, 1.54) is 0 Å². The lowest BCUT2D eigenvalue weighted by Crippen LogP contribution is -2.46. The van der Waals surface area contributed by atoms with Gasteiger partial charge in [-0.3, -0.25) is 4.98 Å². The Bertz CT molecular complexity index is 275. The van der Waals surface area contributed by atoms with Crippen LogP contribution in [0.25, 0.3) is 0 Å². The third kappa shape index (κ3) is 1.49. The summed E-state index contributed by atoms with van der Waals surface area (Å²) in [6.07, 6.45) is 2.57. The monoisotopic (exact) mass is 198 g/mol. The van der Waals surface area contributed by atoms with Crippen LogP contribution < -0.4 is 5.32 Å². The summed E-state index contributed by atoms with van der Waals surface area (Å²) in [5.41, 5.74) is 1.13. The zero-order valence-corrected chi connectivity index (χ0v) is 8.47. The van der Waals surface area contributed by atoms with Crippen LogP contribution >= 0.6 is 11.3 Å². The summed E-state index contributed by atoms with van der Waals surface area (Å²) in [7, 11) is 0. The minimum absolute atomic E-state index is 0.265. The summed E-state index contributed by atoms with van der Waals surface area (Å²) in [6.45, 7) is 3.85. The molecule has 0 amide bonds. The molecule has 4 heteroatoms. The molecule has 0 spiro atoms. The van der Waals surface area contributed by atoms with Gasteiger partial charge in [-0.25, -0.2) is 0 Å². The van der Waals surface area contributed by atoms with Crippen LogP contribution in [-0.2, 0) is 5.60 Å². The van der Waals surface area contributed by atoms with Crippen molar-refractivity contribution in [2.24, 2.45) is 5.92 Å². The number of aromatic nitrogens is 1. The highest BCUT2D eigenvalue weighted by atomic mass is 32.1. The molecule has 1 aliphatic rings. The summed E-state index contributed by atoms with van der Waals surface area (Å²) in [6, 6.07) is 0. The Morgan fingerprint density at radius 3 is 3.23 bits per heavy atom. The minimum atomic E-state index is -0.646. The molecule has 1 saturated heterocycles. The third-order valence-corrected chi connectivity index (χ3v) is 3.75. The molecular weight excluding hydrogens is 184 g/mol. The van der Waals surface area contributed by atoms with E-state index in [1.807, 2.05) is 0 Å². The van der Waals surface area contributed by atoms with Crippen LogP contribution in [0.4, 0.5) is 0 Å². The number of piperidine rings is 1. The fourth-order valence-corrected chi connectivity index (χ4v) is 2.67. The molecule has 0 bridgehead atoms. The quantitative estimate of drug-likeness (QED) is 0.706. The maximum Gasteiger partial charge on any atom is 0.105 e. The second-order valence-corrected chi connectivity index (χ2v) is 4.53. The first-order valence-electron chi connectivity index (χ1n) is 4.55. The lowest BCUT2D eigenvalue weighted by atomic mass is 9.82. The molecule has 1 aliphatic heterocycles. The molecule has 2 rings (SSSR count). The van der Waals surface area contributed by atoms with Gasteiger partial charge in [0.05, 0.1) is 10.4 Å². The van der Waals surface area contributed by atoms with Crippen LogP contribution in [0.2, 0.25) is 0 Å². The van der Waals surface area contributed by atoms with Crippen LogP contribution in [0, 0.1) is 5.92 Å². The van der Waals surface area contributed by atoms with Crippen molar-refractivity contribution in [1.29, 1.82) is 0 Å². The maximum absolute atomic E-state index is 10.4. The molecular formula is C9H14N2OS. The van der Waals surface area contributed by atoms with E-state index < -0.39 is 5.60 Å². The Balaban J connectivity index is 2.27. The lowest BCUT2D eigenvalue weighted by molar-refractivity contribution is -0.0361. The van der Waals surface area contributed by atoms with Crippen molar-refractivity contribution >= 4 is 11.3 Å². The summed E-state index contributed by atoms with van der Waals surface area (Å²) in [5, 5.41) is 13.7. The molecule has 13 heavy (non-hydrogen) atoms. The van der Waals surface area contributed by atoms with Crippen LogP contribution in [-0.4, -0.2) is 23.2 Å². The average Bonchev–Trinajstić information content (AvgIpc) is 2.63. The second-order valence-electron chi connectivity index (χ2n) is 3.65. The predicted octanol–water partition coefficient (Wildman–Crippen LogP) is 0.960. The van der Waals surface area contributed by atoms with Gasteiger partial charge in [-0.2, -0.15) is 0 Å². The summed E-state index contributed by atoms with van der Waals surface area (Å²) < 4.78 is 0. The van der Waals surface area contributed by atoms with E-state index >= 15 is 0 Å². The summed E-state index contributed by atoms with van der Waals surface area (Å²) in [5.74, 6) is 0.265. The highest BCUT2D eigenvalue weighted by Crippen LogP contribution is 2.36. The van der Waals surface area contributed by atoms with Gasteiger partial charge in [-0.15, -0.1) is 11.3 Å². The molecule has 2 unspecified atom stereocenters. The van der Waals surface area contributed by atoms with Crippen LogP contribution in [0.3, 0.4) is 0 Å². The Hall–Kier alpha value is -0.450. The normalized spacial score (nSPS) is 34.8. The fourth-order valence-electron chi connectivity index (χ4n) is 1.81. The molecule has 2 atom stereocenters. The summed E-state index contributed by atoms with van der Waals surface area (Å²) >= 11 is 1.54. The van der Waals surface area contributed by atoms with E-state index in [1.54, 1.807) is 23.0 Å². The van der Waals surface area contributed by atoms with E-state index in [4.69, 9.17) is 0 Å². The van der Waals surface area contributed by atoms with Gasteiger partial charge in [-0.1, -0.05) is 6.92 Å². The third-order valence-electron chi connectivity index (χ3n) is 2.81. The lowest BCUT2D eigenvalue weighted by Gasteiger charge is -2.37. The van der Waals surface area contributed by atoms with Gasteiger partial charge in [0.1, 0.15) is 5.60 Å². The predicted molar refractivity (Wildman–Crippen MR) is 52.7 cm³/mol. The van der Waals surface area contributed by atoms with Crippen molar-refractivity contribution in [2.45, 2.75) is 18.9 Å². The van der Waals surface area contributed by atoms with Gasteiger partial charge < -0.3 is 10.4 Å². The van der Waals surface area contributed by atoms with E-state index in [2.05, 4.69) is 17.2 Å². The smallest absolute Gasteiger partial charge is 0.105 e. The molecule has 0 saturated carbocycles. The number of thiazole rings is 1. The van der Waals surface area contributed by atoms with Gasteiger partial charge in [-0.05, 0) is 13.0 Å². The molecule has 1 aromatic heterocycles.